The lowest BCUT2D eigenvalue weighted by molar-refractivity contribution is -0.144. The predicted octanol–water partition coefficient (Wildman–Crippen LogP) is 1.45. The number of anilines is 1. The van der Waals surface area contributed by atoms with Crippen molar-refractivity contribution in [1.29, 1.82) is 0 Å². The summed E-state index contributed by atoms with van der Waals surface area (Å²) in [6.45, 7) is 1.26. The zero-order valence-corrected chi connectivity index (χ0v) is 22.6. The fraction of sp³-hybridized carbons (Fsp3) is 0.304. The highest BCUT2D eigenvalue weighted by Crippen LogP contribution is 2.29. The molecule has 0 saturated carbocycles. The van der Waals surface area contributed by atoms with Crippen molar-refractivity contribution in [3.05, 3.63) is 48.2 Å². The van der Waals surface area contributed by atoms with Gasteiger partial charge in [0.2, 0.25) is 11.7 Å². The first-order chi connectivity index (χ1) is 20.1. The van der Waals surface area contributed by atoms with Crippen molar-refractivity contribution in [2.24, 2.45) is 5.73 Å². The van der Waals surface area contributed by atoms with Gasteiger partial charge in [-0.1, -0.05) is 11.2 Å². The van der Waals surface area contributed by atoms with Crippen molar-refractivity contribution < 1.29 is 58.9 Å². The minimum atomic E-state index is -6.09. The molecule has 3 aromatic rings. The second-order valence-corrected chi connectivity index (χ2v) is 9.80. The number of cyclic esters (lactones) is 1. The third-order valence-electron chi connectivity index (χ3n) is 5.30. The first-order valence-corrected chi connectivity index (χ1v) is 13.2. The van der Waals surface area contributed by atoms with Crippen LogP contribution in [0.15, 0.2) is 41.1 Å². The molecule has 0 spiro atoms. The molecule has 2 aromatic heterocycles. The van der Waals surface area contributed by atoms with Gasteiger partial charge in [-0.15, -0.1) is 0 Å². The van der Waals surface area contributed by atoms with E-state index in [1.165, 1.54) is 30.2 Å². The highest BCUT2D eigenvalue weighted by molar-refractivity contribution is 7.86. The number of halogens is 4. The smallest absolute Gasteiger partial charge is 0.485 e. The molecule has 1 saturated heterocycles. The molecule has 1 aliphatic heterocycles. The van der Waals surface area contributed by atoms with E-state index < -0.39 is 39.6 Å². The molecule has 3 N–H and O–H groups in total. The standard InChI is InChI=1S/C22H21FN6O6.CHF3O3S/c1-12(30)25-9-15-10-29(22(32)34-15)14-3-4-16(17(23)6-14)13-2-5-18(26-8-13)21-27-19(35-28-21)11-33-20(31)7-24;2-1(3,4)8(5,6)7/h2-6,8,15H,7,9-11,24H2,1H3,(H,25,30);(H,5,6,7)/p-1/t15-;/m0./s1. The van der Waals surface area contributed by atoms with Gasteiger partial charge in [0, 0.05) is 24.2 Å². The Balaban J connectivity index is 0.000000557. The van der Waals surface area contributed by atoms with Crippen molar-refractivity contribution in [1.82, 2.24) is 20.4 Å². The SMILES string of the molecule is CC(=O)NC[C@H]1CN(c2ccc(-c3ccc(-c4noc(COC(=O)CN)n4)nc3)c(F)c2)C(=O)O1.O=S(=O)([O-])C(F)(F)F. The number of nitrogens with one attached hydrogen (secondary N) is 1. The molecule has 0 bridgehead atoms. The molecule has 1 aromatic carbocycles. The molecule has 15 nitrogen and oxygen atoms in total. The lowest BCUT2D eigenvalue weighted by Crippen LogP contribution is -2.33. The highest BCUT2D eigenvalue weighted by Gasteiger charge is 2.37. The number of pyridine rings is 1. The van der Waals surface area contributed by atoms with Gasteiger partial charge in [-0.2, -0.15) is 18.2 Å². The molecule has 0 radical (unpaired) electrons. The van der Waals surface area contributed by atoms with E-state index in [1.807, 2.05) is 0 Å². The summed E-state index contributed by atoms with van der Waals surface area (Å²) in [5.74, 6) is -1.14. The van der Waals surface area contributed by atoms with Crippen LogP contribution in [0.3, 0.4) is 0 Å². The molecule has 2 amide bonds. The van der Waals surface area contributed by atoms with E-state index in [1.54, 1.807) is 18.2 Å². The van der Waals surface area contributed by atoms with Crippen LogP contribution in [0.1, 0.15) is 12.8 Å². The Morgan fingerprint density at radius 3 is 2.51 bits per heavy atom. The number of ether oxygens (including phenoxy) is 2. The number of benzene rings is 1. The first kappa shape index (κ1) is 32.8. The molecule has 4 rings (SSSR count). The van der Waals surface area contributed by atoms with Crippen LogP contribution in [-0.2, 0) is 35.8 Å². The minimum Gasteiger partial charge on any atom is -0.741 e. The summed E-state index contributed by atoms with van der Waals surface area (Å²) < 4.78 is 88.9. The normalized spacial score (nSPS) is 14.9. The maximum Gasteiger partial charge on any atom is 0.485 e. The lowest BCUT2D eigenvalue weighted by atomic mass is 10.1. The number of nitrogens with two attached hydrogens (primary N) is 1. The molecule has 3 heterocycles. The fourth-order valence-corrected chi connectivity index (χ4v) is 3.31. The van der Waals surface area contributed by atoms with Crippen LogP contribution in [-0.4, -0.2) is 77.3 Å². The number of hydrogen-bond acceptors (Lipinski definition) is 13. The van der Waals surface area contributed by atoms with E-state index in [-0.39, 0.29) is 49.4 Å². The maximum absolute atomic E-state index is 14.9. The summed E-state index contributed by atoms with van der Waals surface area (Å²) in [6.07, 6.45) is 0.311. The molecule has 20 heteroatoms. The second-order valence-electron chi connectivity index (χ2n) is 8.43. The van der Waals surface area contributed by atoms with Gasteiger partial charge in [0.15, 0.2) is 16.7 Å². The van der Waals surface area contributed by atoms with E-state index in [2.05, 4.69) is 20.4 Å². The van der Waals surface area contributed by atoms with Crippen molar-refractivity contribution in [3.63, 3.8) is 0 Å². The Morgan fingerprint density at radius 2 is 1.95 bits per heavy atom. The number of carbonyl (C=O) groups excluding carboxylic acids is 3. The molecular formula is C23H21F4N6O9S-. The number of aromatic nitrogens is 3. The van der Waals surface area contributed by atoms with Crippen LogP contribution in [0.2, 0.25) is 0 Å². The fourth-order valence-electron chi connectivity index (χ4n) is 3.31. The number of hydrogen-bond donors (Lipinski definition) is 2. The molecule has 0 unspecified atom stereocenters. The third kappa shape index (κ3) is 8.90. The summed E-state index contributed by atoms with van der Waals surface area (Å²) >= 11 is 0. The number of carbonyl (C=O) groups is 3. The highest BCUT2D eigenvalue weighted by atomic mass is 32.2. The molecule has 0 aliphatic carbocycles. The van der Waals surface area contributed by atoms with E-state index in [0.717, 1.165) is 0 Å². The quantitative estimate of drug-likeness (QED) is 0.155. The first-order valence-electron chi connectivity index (χ1n) is 11.8. The van der Waals surface area contributed by atoms with E-state index in [9.17, 15) is 31.9 Å². The van der Waals surface area contributed by atoms with Crippen molar-refractivity contribution in [2.75, 3.05) is 24.5 Å². The molecule has 1 atom stereocenters. The minimum absolute atomic E-state index is 0.0778. The van der Waals surface area contributed by atoms with Gasteiger partial charge in [0.25, 0.3) is 5.89 Å². The van der Waals surface area contributed by atoms with Gasteiger partial charge in [0.05, 0.1) is 25.3 Å². The molecule has 1 aliphatic rings. The van der Waals surface area contributed by atoms with Gasteiger partial charge >= 0.3 is 17.6 Å². The van der Waals surface area contributed by atoms with Crippen molar-refractivity contribution in [2.45, 2.75) is 25.1 Å². The average molecular weight is 634 g/mol. The largest absolute Gasteiger partial charge is 0.741 e. The van der Waals surface area contributed by atoms with Gasteiger partial charge in [-0.3, -0.25) is 19.5 Å². The van der Waals surface area contributed by atoms with Gasteiger partial charge in [0.1, 0.15) is 17.6 Å². The summed E-state index contributed by atoms with van der Waals surface area (Å²) in [7, 11) is -6.09. The summed E-state index contributed by atoms with van der Waals surface area (Å²) in [5.41, 5.74) is 0.990. The topological polar surface area (TPSA) is 220 Å². The Kier molecular flexibility index (Phi) is 10.3. The van der Waals surface area contributed by atoms with Crippen LogP contribution in [0.25, 0.3) is 22.6 Å². The van der Waals surface area contributed by atoms with Crippen molar-refractivity contribution >= 4 is 33.8 Å². The Hall–Kier alpha value is -4.69. The van der Waals surface area contributed by atoms with Gasteiger partial charge in [-0.05, 0) is 24.3 Å². The van der Waals surface area contributed by atoms with Crippen LogP contribution >= 0.6 is 0 Å². The zero-order valence-electron chi connectivity index (χ0n) is 21.8. The van der Waals surface area contributed by atoms with Crippen LogP contribution < -0.4 is 16.0 Å². The van der Waals surface area contributed by atoms with Gasteiger partial charge < -0.3 is 29.6 Å². The predicted molar refractivity (Wildman–Crippen MR) is 134 cm³/mol. The lowest BCUT2D eigenvalue weighted by Gasteiger charge is -2.14. The molecule has 232 valence electrons. The summed E-state index contributed by atoms with van der Waals surface area (Å²) in [5, 5.41) is 6.37. The van der Waals surface area contributed by atoms with E-state index in [4.69, 9.17) is 32.7 Å². The third-order valence-corrected chi connectivity index (χ3v) is 5.86. The Labute approximate surface area is 239 Å². The second kappa shape index (κ2) is 13.5. The van der Waals surface area contributed by atoms with E-state index in [0.29, 0.717) is 16.9 Å². The van der Waals surface area contributed by atoms with Crippen LogP contribution in [0.4, 0.5) is 28.0 Å². The maximum atomic E-state index is 14.9. The number of amides is 2. The average Bonchev–Trinajstić information content (AvgIpc) is 3.56. The Bertz CT molecular complexity index is 1580. The molecule has 1 fully saturated rings. The monoisotopic (exact) mass is 633 g/mol. The van der Waals surface area contributed by atoms with Gasteiger partial charge in [-0.25, -0.2) is 17.6 Å². The number of alkyl halides is 3. The van der Waals surface area contributed by atoms with Crippen molar-refractivity contribution in [3.8, 4) is 22.6 Å². The number of rotatable bonds is 8. The van der Waals surface area contributed by atoms with E-state index >= 15 is 0 Å². The van der Waals surface area contributed by atoms with Crippen LogP contribution in [0.5, 0.6) is 0 Å². The number of esters is 1. The zero-order chi connectivity index (χ0) is 31.9. The summed E-state index contributed by atoms with van der Waals surface area (Å²) in [6, 6.07) is 7.60. The molecular weight excluding hydrogens is 612 g/mol. The Morgan fingerprint density at radius 1 is 1.26 bits per heavy atom. The molecule has 43 heavy (non-hydrogen) atoms. The summed E-state index contributed by atoms with van der Waals surface area (Å²) in [4.78, 5) is 44.0. The van der Waals surface area contributed by atoms with Crippen LogP contribution in [0, 0.1) is 5.82 Å². The number of nitrogens with zero attached hydrogens (tertiary/aromatic N) is 4.